The molecule has 0 aliphatic carbocycles. The molecule has 0 saturated carbocycles. The maximum Gasteiger partial charge on any atom is 0.238 e. The molecule has 4 N–H and O–H groups in total. The van der Waals surface area contributed by atoms with Crippen LogP contribution in [0.15, 0.2) is 47.4 Å². The summed E-state index contributed by atoms with van der Waals surface area (Å²) in [6, 6.07) is 10.9. The van der Waals surface area contributed by atoms with Crippen LogP contribution in [0.5, 0.6) is 5.75 Å². The summed E-state index contributed by atoms with van der Waals surface area (Å²) in [5, 5.41) is 18.2. The second-order valence-electron chi connectivity index (χ2n) is 4.16. The number of hydrogen-bond donors (Lipinski definition) is 3. The third-order valence-corrected chi connectivity index (χ3v) is 3.99. The first-order valence-corrected chi connectivity index (χ1v) is 7.63. The molecule has 0 atom stereocenters. The number of primary sulfonamides is 1. The SMILES string of the molecule is NS(=O)(=O)c1cccc(NCc2c(O)cccc2Cl)c1. The number of sulfonamides is 1. The number of aromatic hydroxyl groups is 1. The van der Waals surface area contributed by atoms with E-state index in [0.29, 0.717) is 16.3 Å². The number of anilines is 1. The van der Waals surface area contributed by atoms with Crippen molar-refractivity contribution in [3.8, 4) is 5.75 Å². The lowest BCUT2D eigenvalue weighted by Crippen LogP contribution is -2.12. The van der Waals surface area contributed by atoms with Crippen molar-refractivity contribution in [1.29, 1.82) is 0 Å². The Morgan fingerprint density at radius 1 is 1.20 bits per heavy atom. The zero-order chi connectivity index (χ0) is 14.8. The highest BCUT2D eigenvalue weighted by atomic mass is 35.5. The number of halogens is 1. The molecule has 2 aromatic rings. The highest BCUT2D eigenvalue weighted by Gasteiger charge is 2.09. The van der Waals surface area contributed by atoms with Crippen molar-refractivity contribution in [2.75, 3.05) is 5.32 Å². The Hall–Kier alpha value is -1.76. The number of benzene rings is 2. The summed E-state index contributed by atoms with van der Waals surface area (Å²) in [6.07, 6.45) is 0. The van der Waals surface area contributed by atoms with Crippen LogP contribution in [0.1, 0.15) is 5.56 Å². The molecular formula is C13H13ClN2O3S. The van der Waals surface area contributed by atoms with Gasteiger partial charge in [0.2, 0.25) is 10.0 Å². The van der Waals surface area contributed by atoms with Crippen LogP contribution in [-0.4, -0.2) is 13.5 Å². The van der Waals surface area contributed by atoms with E-state index in [1.165, 1.54) is 18.2 Å². The lowest BCUT2D eigenvalue weighted by molar-refractivity contribution is 0.469. The first kappa shape index (κ1) is 14.6. The van der Waals surface area contributed by atoms with Crippen LogP contribution in [0.25, 0.3) is 0 Å². The molecule has 7 heteroatoms. The summed E-state index contributed by atoms with van der Waals surface area (Å²) in [7, 11) is -3.74. The number of phenolic OH excluding ortho intramolecular Hbond substituents is 1. The summed E-state index contributed by atoms with van der Waals surface area (Å²) < 4.78 is 22.5. The fourth-order valence-corrected chi connectivity index (χ4v) is 2.49. The van der Waals surface area contributed by atoms with Crippen LogP contribution in [0.2, 0.25) is 5.02 Å². The maximum absolute atomic E-state index is 11.3. The molecule has 0 heterocycles. The van der Waals surface area contributed by atoms with Gasteiger partial charge in [0.05, 0.1) is 4.90 Å². The number of nitrogens with one attached hydrogen (secondary N) is 1. The fourth-order valence-electron chi connectivity index (χ4n) is 1.70. The number of nitrogens with two attached hydrogens (primary N) is 1. The van der Waals surface area contributed by atoms with Crippen molar-refractivity contribution < 1.29 is 13.5 Å². The van der Waals surface area contributed by atoms with E-state index in [-0.39, 0.29) is 17.2 Å². The number of hydrogen-bond acceptors (Lipinski definition) is 4. The monoisotopic (exact) mass is 312 g/mol. The van der Waals surface area contributed by atoms with Crippen molar-refractivity contribution in [3.63, 3.8) is 0 Å². The van der Waals surface area contributed by atoms with Gasteiger partial charge in [0.1, 0.15) is 5.75 Å². The first-order chi connectivity index (χ1) is 9.38. The first-order valence-electron chi connectivity index (χ1n) is 5.71. The second-order valence-corrected chi connectivity index (χ2v) is 6.13. The molecule has 0 amide bonds. The van der Waals surface area contributed by atoms with Gasteiger partial charge in [-0.3, -0.25) is 0 Å². The Balaban J connectivity index is 2.20. The van der Waals surface area contributed by atoms with Gasteiger partial charge in [-0.05, 0) is 30.3 Å². The quantitative estimate of drug-likeness (QED) is 0.807. The summed E-state index contributed by atoms with van der Waals surface area (Å²) in [4.78, 5) is 0.0193. The maximum atomic E-state index is 11.3. The normalized spacial score (nSPS) is 11.3. The van der Waals surface area contributed by atoms with Gasteiger partial charge >= 0.3 is 0 Å². The van der Waals surface area contributed by atoms with Gasteiger partial charge in [0, 0.05) is 22.8 Å². The summed E-state index contributed by atoms with van der Waals surface area (Å²) in [6.45, 7) is 0.263. The Morgan fingerprint density at radius 3 is 2.55 bits per heavy atom. The van der Waals surface area contributed by atoms with Crippen LogP contribution in [0.3, 0.4) is 0 Å². The van der Waals surface area contributed by atoms with Gasteiger partial charge in [-0.25, -0.2) is 13.6 Å². The van der Waals surface area contributed by atoms with Crippen molar-refractivity contribution in [2.45, 2.75) is 11.4 Å². The fraction of sp³-hybridized carbons (Fsp3) is 0.0769. The van der Waals surface area contributed by atoms with Gasteiger partial charge in [0.15, 0.2) is 0 Å². The van der Waals surface area contributed by atoms with Gasteiger partial charge in [-0.1, -0.05) is 23.7 Å². The van der Waals surface area contributed by atoms with Crippen molar-refractivity contribution in [2.24, 2.45) is 5.14 Å². The molecule has 0 bridgehead atoms. The molecule has 5 nitrogen and oxygen atoms in total. The smallest absolute Gasteiger partial charge is 0.238 e. The minimum Gasteiger partial charge on any atom is -0.508 e. The van der Waals surface area contributed by atoms with Crippen LogP contribution in [0.4, 0.5) is 5.69 Å². The molecule has 2 rings (SSSR count). The number of rotatable bonds is 4. The topological polar surface area (TPSA) is 92.4 Å². The van der Waals surface area contributed by atoms with Gasteiger partial charge in [-0.2, -0.15) is 0 Å². The lowest BCUT2D eigenvalue weighted by Gasteiger charge is -2.10. The predicted octanol–water partition coefficient (Wildman–Crippen LogP) is 2.31. The molecule has 0 aliphatic rings. The Labute approximate surface area is 122 Å². The predicted molar refractivity (Wildman–Crippen MR) is 78.3 cm³/mol. The van der Waals surface area contributed by atoms with E-state index in [1.54, 1.807) is 24.3 Å². The van der Waals surface area contributed by atoms with Crippen LogP contribution in [-0.2, 0) is 16.6 Å². The van der Waals surface area contributed by atoms with Crippen molar-refractivity contribution in [3.05, 3.63) is 53.1 Å². The molecular weight excluding hydrogens is 300 g/mol. The van der Waals surface area contributed by atoms with Gasteiger partial charge < -0.3 is 10.4 Å². The van der Waals surface area contributed by atoms with E-state index in [0.717, 1.165) is 0 Å². The third-order valence-electron chi connectivity index (χ3n) is 2.73. The Bertz CT molecular complexity index is 712. The molecule has 20 heavy (non-hydrogen) atoms. The van der Waals surface area contributed by atoms with E-state index in [9.17, 15) is 13.5 Å². The zero-order valence-electron chi connectivity index (χ0n) is 10.4. The van der Waals surface area contributed by atoms with Crippen molar-refractivity contribution in [1.82, 2.24) is 0 Å². The molecule has 0 aromatic heterocycles. The molecule has 0 saturated heterocycles. The second kappa shape index (κ2) is 5.70. The third kappa shape index (κ3) is 3.41. The standard InChI is InChI=1S/C13H13ClN2O3S/c14-12-5-2-6-13(17)11(12)8-16-9-3-1-4-10(7-9)20(15,18)19/h1-7,16-17H,8H2,(H2,15,18,19). The van der Waals surface area contributed by atoms with Gasteiger partial charge in [-0.15, -0.1) is 0 Å². The molecule has 0 fully saturated rings. The van der Waals surface area contributed by atoms with Crippen LogP contribution in [0, 0.1) is 0 Å². The molecule has 106 valence electrons. The Morgan fingerprint density at radius 2 is 1.90 bits per heavy atom. The van der Waals surface area contributed by atoms with E-state index in [4.69, 9.17) is 16.7 Å². The van der Waals surface area contributed by atoms with E-state index >= 15 is 0 Å². The summed E-state index contributed by atoms with van der Waals surface area (Å²) >= 11 is 5.98. The largest absolute Gasteiger partial charge is 0.508 e. The van der Waals surface area contributed by atoms with Crippen LogP contribution >= 0.6 is 11.6 Å². The molecule has 0 aliphatic heterocycles. The minimum atomic E-state index is -3.74. The van der Waals surface area contributed by atoms with E-state index in [2.05, 4.69) is 5.32 Å². The van der Waals surface area contributed by atoms with Gasteiger partial charge in [0.25, 0.3) is 0 Å². The summed E-state index contributed by atoms with van der Waals surface area (Å²) in [5.41, 5.74) is 1.10. The number of phenols is 1. The Kier molecular flexibility index (Phi) is 4.17. The van der Waals surface area contributed by atoms with Crippen LogP contribution < -0.4 is 10.5 Å². The molecule has 0 radical (unpaired) electrons. The highest BCUT2D eigenvalue weighted by Crippen LogP contribution is 2.26. The molecule has 0 unspecified atom stereocenters. The lowest BCUT2D eigenvalue weighted by atomic mass is 10.2. The molecule has 0 spiro atoms. The van der Waals surface area contributed by atoms with E-state index in [1.807, 2.05) is 0 Å². The highest BCUT2D eigenvalue weighted by molar-refractivity contribution is 7.89. The summed E-state index contributed by atoms with van der Waals surface area (Å²) in [5.74, 6) is 0.0765. The minimum absolute atomic E-state index is 0.0193. The average Bonchev–Trinajstić information content (AvgIpc) is 2.37. The van der Waals surface area contributed by atoms with Crippen molar-refractivity contribution >= 4 is 27.3 Å². The average molecular weight is 313 g/mol. The zero-order valence-corrected chi connectivity index (χ0v) is 11.9. The molecule has 2 aromatic carbocycles. The van der Waals surface area contributed by atoms with E-state index < -0.39 is 10.0 Å².